The van der Waals surface area contributed by atoms with Crippen molar-refractivity contribution in [3.8, 4) is 22.8 Å². The highest BCUT2D eigenvalue weighted by Crippen LogP contribution is 2.23. The lowest BCUT2D eigenvalue weighted by atomic mass is 10.2. The fraction of sp³-hybridized carbons (Fsp3) is 0.167. The zero-order chi connectivity index (χ0) is 21.2. The van der Waals surface area contributed by atoms with E-state index in [0.29, 0.717) is 30.2 Å². The quantitative estimate of drug-likeness (QED) is 0.499. The molecule has 0 unspecified atom stereocenters. The Bertz CT molecular complexity index is 1280. The first-order valence-electron chi connectivity index (χ1n) is 10.2. The molecule has 0 N–H and O–H groups in total. The molecule has 0 radical (unpaired) electrons. The topological polar surface area (TPSA) is 81.2 Å². The summed E-state index contributed by atoms with van der Waals surface area (Å²) in [5.74, 6) is 1.02. The van der Waals surface area contributed by atoms with Crippen LogP contribution in [0.4, 0.5) is 5.69 Å². The van der Waals surface area contributed by atoms with Gasteiger partial charge in [0, 0.05) is 36.5 Å². The molecule has 31 heavy (non-hydrogen) atoms. The number of benzene rings is 2. The van der Waals surface area contributed by atoms with Gasteiger partial charge >= 0.3 is 0 Å². The molecule has 4 aromatic rings. The maximum Gasteiger partial charge on any atom is 0.259 e. The first-order chi connectivity index (χ1) is 15.2. The molecule has 1 amide bonds. The summed E-state index contributed by atoms with van der Waals surface area (Å²) in [6.07, 6.45) is 3.22. The van der Waals surface area contributed by atoms with E-state index in [2.05, 4.69) is 10.1 Å². The Kier molecular flexibility index (Phi) is 4.92. The number of carbonyl (C=O) groups excluding carboxylic acids is 1. The highest BCUT2D eigenvalue weighted by molar-refractivity contribution is 5.95. The molecule has 7 heteroatoms. The van der Waals surface area contributed by atoms with Crippen LogP contribution in [0.1, 0.15) is 18.4 Å². The minimum absolute atomic E-state index is 0.120. The Morgan fingerprint density at radius 1 is 0.903 bits per heavy atom. The Hall–Kier alpha value is -4.00. The summed E-state index contributed by atoms with van der Waals surface area (Å²) >= 11 is 0. The van der Waals surface area contributed by atoms with Crippen molar-refractivity contribution in [2.24, 2.45) is 0 Å². The van der Waals surface area contributed by atoms with Crippen LogP contribution in [0.2, 0.25) is 0 Å². The van der Waals surface area contributed by atoms with Crippen LogP contribution < -0.4 is 10.5 Å². The van der Waals surface area contributed by atoms with Crippen molar-refractivity contribution in [1.29, 1.82) is 0 Å². The molecule has 154 valence electrons. The lowest BCUT2D eigenvalue weighted by molar-refractivity contribution is -0.117. The smallest absolute Gasteiger partial charge is 0.259 e. The number of amides is 1. The Labute approximate surface area is 178 Å². The van der Waals surface area contributed by atoms with E-state index in [4.69, 9.17) is 4.52 Å². The summed E-state index contributed by atoms with van der Waals surface area (Å²) in [7, 11) is 0. The number of anilines is 1. The van der Waals surface area contributed by atoms with Gasteiger partial charge in [-0.2, -0.15) is 4.98 Å². The fourth-order valence-electron chi connectivity index (χ4n) is 3.73. The van der Waals surface area contributed by atoms with Crippen LogP contribution in [0.3, 0.4) is 0 Å². The molecule has 1 saturated heterocycles. The Morgan fingerprint density at radius 2 is 1.71 bits per heavy atom. The van der Waals surface area contributed by atoms with Gasteiger partial charge in [0.1, 0.15) is 0 Å². The van der Waals surface area contributed by atoms with Crippen LogP contribution in [-0.4, -0.2) is 27.2 Å². The highest BCUT2D eigenvalue weighted by atomic mass is 16.5. The van der Waals surface area contributed by atoms with Crippen LogP contribution in [0.15, 0.2) is 82.2 Å². The van der Waals surface area contributed by atoms with E-state index in [0.717, 1.165) is 29.8 Å². The Balaban J connectivity index is 1.37. The zero-order valence-electron chi connectivity index (χ0n) is 16.8. The molecule has 1 aliphatic heterocycles. The van der Waals surface area contributed by atoms with Gasteiger partial charge in [-0.15, -0.1) is 0 Å². The molecule has 0 spiro atoms. The molecule has 0 bridgehead atoms. The van der Waals surface area contributed by atoms with Crippen molar-refractivity contribution in [1.82, 2.24) is 14.7 Å². The molecule has 3 heterocycles. The van der Waals surface area contributed by atoms with Crippen LogP contribution in [0.25, 0.3) is 22.8 Å². The summed E-state index contributed by atoms with van der Waals surface area (Å²) in [5, 5.41) is 4.05. The fourth-order valence-corrected chi connectivity index (χ4v) is 3.73. The maximum atomic E-state index is 12.4. The number of hydrogen-bond acceptors (Lipinski definition) is 5. The number of pyridine rings is 1. The molecule has 1 fully saturated rings. The van der Waals surface area contributed by atoms with E-state index in [-0.39, 0.29) is 11.5 Å². The highest BCUT2D eigenvalue weighted by Gasteiger charge is 2.21. The molecule has 0 aliphatic carbocycles. The third-order valence-electron chi connectivity index (χ3n) is 5.36. The van der Waals surface area contributed by atoms with Crippen LogP contribution in [0.5, 0.6) is 0 Å². The number of hydrogen-bond donors (Lipinski definition) is 0. The maximum absolute atomic E-state index is 12.4. The Morgan fingerprint density at radius 3 is 2.45 bits per heavy atom. The lowest BCUT2D eigenvalue weighted by Gasteiger charge is -2.16. The van der Waals surface area contributed by atoms with Crippen molar-refractivity contribution in [2.45, 2.75) is 19.4 Å². The van der Waals surface area contributed by atoms with Crippen molar-refractivity contribution in [3.63, 3.8) is 0 Å². The first kappa shape index (κ1) is 19.0. The van der Waals surface area contributed by atoms with Crippen molar-refractivity contribution in [3.05, 3.63) is 88.8 Å². The average molecular weight is 412 g/mol. The van der Waals surface area contributed by atoms with Gasteiger partial charge in [-0.3, -0.25) is 9.59 Å². The second kappa shape index (κ2) is 8.02. The predicted molar refractivity (Wildman–Crippen MR) is 117 cm³/mol. The summed E-state index contributed by atoms with van der Waals surface area (Å²) in [5.41, 5.74) is 3.28. The summed E-state index contributed by atoms with van der Waals surface area (Å²) in [4.78, 5) is 30.6. The van der Waals surface area contributed by atoms with Gasteiger partial charge in [-0.1, -0.05) is 47.6 Å². The summed E-state index contributed by atoms with van der Waals surface area (Å²) < 4.78 is 7.03. The zero-order valence-corrected chi connectivity index (χ0v) is 16.8. The molecular weight excluding hydrogens is 392 g/mol. The number of rotatable bonds is 5. The molecule has 2 aromatic carbocycles. The van der Waals surface area contributed by atoms with Gasteiger partial charge < -0.3 is 14.0 Å². The minimum atomic E-state index is -0.120. The lowest BCUT2D eigenvalue weighted by Crippen LogP contribution is -2.23. The van der Waals surface area contributed by atoms with Crippen LogP contribution >= 0.6 is 0 Å². The SMILES string of the molecule is O=C1CCCN1c1ccc(Cn2cc(-c3nc(-c4ccccc4)no3)ccc2=O)cc1. The van der Waals surface area contributed by atoms with Gasteiger partial charge in [0.15, 0.2) is 0 Å². The number of aromatic nitrogens is 3. The third-order valence-corrected chi connectivity index (χ3v) is 5.36. The second-order valence-corrected chi connectivity index (χ2v) is 7.49. The second-order valence-electron chi connectivity index (χ2n) is 7.49. The van der Waals surface area contributed by atoms with Gasteiger partial charge in [0.2, 0.25) is 11.7 Å². The molecule has 0 saturated carbocycles. The summed E-state index contributed by atoms with van der Waals surface area (Å²) in [6, 6.07) is 20.5. The average Bonchev–Trinajstić information content (AvgIpc) is 3.46. The van der Waals surface area contributed by atoms with E-state index < -0.39 is 0 Å². The van der Waals surface area contributed by atoms with Crippen LogP contribution in [-0.2, 0) is 11.3 Å². The van der Waals surface area contributed by atoms with Crippen molar-refractivity contribution < 1.29 is 9.32 Å². The summed E-state index contributed by atoms with van der Waals surface area (Å²) in [6.45, 7) is 1.16. The van der Waals surface area contributed by atoms with Gasteiger partial charge in [-0.05, 0) is 30.2 Å². The minimum Gasteiger partial charge on any atom is -0.334 e. The van der Waals surface area contributed by atoms with E-state index in [1.807, 2.05) is 54.6 Å². The molecule has 2 aromatic heterocycles. The van der Waals surface area contributed by atoms with Crippen molar-refractivity contribution in [2.75, 3.05) is 11.4 Å². The van der Waals surface area contributed by atoms with Gasteiger partial charge in [-0.25, -0.2) is 0 Å². The molecule has 0 atom stereocenters. The standard InChI is InChI=1S/C24H20N4O3/c29-21-13-10-19(24-25-23(26-31-24)18-5-2-1-3-6-18)16-27(21)15-17-8-11-20(12-9-17)28-14-4-7-22(28)30/h1-3,5-6,8-13,16H,4,7,14-15H2. The molecule has 5 rings (SSSR count). The largest absolute Gasteiger partial charge is 0.334 e. The van der Waals surface area contributed by atoms with E-state index >= 15 is 0 Å². The van der Waals surface area contributed by atoms with Gasteiger partial charge in [0.05, 0.1) is 12.1 Å². The monoisotopic (exact) mass is 412 g/mol. The predicted octanol–water partition coefficient (Wildman–Crippen LogP) is 3.74. The third kappa shape index (κ3) is 3.90. The molecular formula is C24H20N4O3. The van der Waals surface area contributed by atoms with Crippen LogP contribution in [0, 0.1) is 0 Å². The van der Waals surface area contributed by atoms with E-state index in [1.54, 1.807) is 21.7 Å². The first-order valence-corrected chi connectivity index (χ1v) is 10.2. The normalized spacial score (nSPS) is 13.7. The van der Waals surface area contributed by atoms with Gasteiger partial charge in [0.25, 0.3) is 11.4 Å². The molecule has 7 nitrogen and oxygen atoms in total. The number of nitrogens with zero attached hydrogens (tertiary/aromatic N) is 4. The molecule has 1 aliphatic rings. The number of carbonyl (C=O) groups is 1. The van der Waals surface area contributed by atoms with E-state index in [1.165, 1.54) is 6.07 Å². The van der Waals surface area contributed by atoms with E-state index in [9.17, 15) is 9.59 Å². The van der Waals surface area contributed by atoms with Crippen molar-refractivity contribution >= 4 is 11.6 Å².